The number of nitrogens with one attached hydrogen (secondary N) is 1. The molecule has 2 aromatic rings. The Morgan fingerprint density at radius 1 is 1.19 bits per heavy atom. The van der Waals surface area contributed by atoms with Crippen molar-refractivity contribution in [1.82, 2.24) is 9.97 Å². The summed E-state index contributed by atoms with van der Waals surface area (Å²) in [5.41, 5.74) is -0.878. The predicted molar refractivity (Wildman–Crippen MR) is 91.7 cm³/mol. The third kappa shape index (κ3) is 5.25. The first kappa shape index (κ1) is 20.3. The standard InChI is InChI=1S/C18H18F3N3O3/c1-9(2)6-15-23-13(8-14(24-15)18(19,20)21)16(25)22-11-4-5-12(17(26)27)10(3)7-11/h4-5,7-9H,6H2,1-3H3,(H,22,25)(H,26,27). The molecule has 1 aromatic carbocycles. The van der Waals surface area contributed by atoms with E-state index in [1.165, 1.54) is 18.2 Å². The van der Waals surface area contributed by atoms with Crippen molar-refractivity contribution in [2.24, 2.45) is 5.92 Å². The highest BCUT2D eigenvalue weighted by Crippen LogP contribution is 2.28. The number of anilines is 1. The lowest BCUT2D eigenvalue weighted by Gasteiger charge is -2.12. The molecule has 2 rings (SSSR count). The second kappa shape index (κ2) is 7.73. The molecular formula is C18H18F3N3O3. The van der Waals surface area contributed by atoms with Crippen LogP contribution in [0, 0.1) is 12.8 Å². The van der Waals surface area contributed by atoms with Gasteiger partial charge < -0.3 is 10.4 Å². The highest BCUT2D eigenvalue weighted by atomic mass is 19.4. The molecule has 0 saturated carbocycles. The van der Waals surface area contributed by atoms with Gasteiger partial charge in [0.15, 0.2) is 0 Å². The van der Waals surface area contributed by atoms with Gasteiger partial charge in [-0.2, -0.15) is 13.2 Å². The molecule has 0 spiro atoms. The molecule has 2 N–H and O–H groups in total. The Morgan fingerprint density at radius 3 is 2.37 bits per heavy atom. The summed E-state index contributed by atoms with van der Waals surface area (Å²) in [4.78, 5) is 30.8. The molecule has 0 aliphatic carbocycles. The zero-order chi connectivity index (χ0) is 20.4. The van der Waals surface area contributed by atoms with Crippen molar-refractivity contribution in [3.8, 4) is 0 Å². The maximum atomic E-state index is 13.1. The number of aryl methyl sites for hydroxylation is 1. The number of hydrogen-bond donors (Lipinski definition) is 2. The van der Waals surface area contributed by atoms with Crippen LogP contribution >= 0.6 is 0 Å². The second-order valence-electron chi connectivity index (χ2n) is 6.44. The number of benzene rings is 1. The van der Waals surface area contributed by atoms with E-state index in [4.69, 9.17) is 5.11 Å². The summed E-state index contributed by atoms with van der Waals surface area (Å²) in [7, 11) is 0. The predicted octanol–water partition coefficient (Wildman–Crippen LogP) is 3.95. The van der Waals surface area contributed by atoms with Gasteiger partial charge in [0.1, 0.15) is 17.2 Å². The SMILES string of the molecule is Cc1cc(NC(=O)c2cc(C(F)(F)F)nc(CC(C)C)n2)ccc1C(=O)O. The van der Waals surface area contributed by atoms with Crippen LogP contribution in [-0.4, -0.2) is 27.0 Å². The van der Waals surface area contributed by atoms with Crippen molar-refractivity contribution in [3.63, 3.8) is 0 Å². The zero-order valence-electron chi connectivity index (χ0n) is 14.9. The number of hydrogen-bond acceptors (Lipinski definition) is 4. The average molecular weight is 381 g/mol. The molecular weight excluding hydrogens is 363 g/mol. The normalized spacial score (nSPS) is 11.5. The summed E-state index contributed by atoms with van der Waals surface area (Å²) >= 11 is 0. The van der Waals surface area contributed by atoms with Crippen LogP contribution in [0.4, 0.5) is 18.9 Å². The second-order valence-corrected chi connectivity index (χ2v) is 6.44. The molecule has 9 heteroatoms. The Bertz CT molecular complexity index is 880. The first-order chi connectivity index (χ1) is 12.5. The summed E-state index contributed by atoms with van der Waals surface area (Å²) < 4.78 is 39.2. The van der Waals surface area contributed by atoms with Gasteiger partial charge in [-0.3, -0.25) is 4.79 Å². The van der Waals surface area contributed by atoms with E-state index >= 15 is 0 Å². The lowest BCUT2D eigenvalue weighted by atomic mass is 10.1. The molecule has 144 valence electrons. The Morgan fingerprint density at radius 2 is 1.85 bits per heavy atom. The monoisotopic (exact) mass is 381 g/mol. The van der Waals surface area contributed by atoms with Gasteiger partial charge in [-0.1, -0.05) is 13.8 Å². The quantitative estimate of drug-likeness (QED) is 0.818. The van der Waals surface area contributed by atoms with E-state index < -0.39 is 29.4 Å². The molecule has 0 unspecified atom stereocenters. The van der Waals surface area contributed by atoms with Crippen LogP contribution < -0.4 is 5.32 Å². The summed E-state index contributed by atoms with van der Waals surface area (Å²) in [5.74, 6) is -2.01. The van der Waals surface area contributed by atoms with Gasteiger partial charge in [0.25, 0.3) is 5.91 Å². The third-order valence-corrected chi connectivity index (χ3v) is 3.60. The Hall–Kier alpha value is -2.97. The molecule has 1 amide bonds. The van der Waals surface area contributed by atoms with Crippen LogP contribution in [0.25, 0.3) is 0 Å². The number of aromatic nitrogens is 2. The highest BCUT2D eigenvalue weighted by Gasteiger charge is 2.34. The van der Waals surface area contributed by atoms with Crippen LogP contribution in [0.15, 0.2) is 24.3 Å². The van der Waals surface area contributed by atoms with Crippen LogP contribution in [0.3, 0.4) is 0 Å². The number of carboxylic acids is 1. The third-order valence-electron chi connectivity index (χ3n) is 3.60. The van der Waals surface area contributed by atoms with Gasteiger partial charge in [0.05, 0.1) is 5.56 Å². The van der Waals surface area contributed by atoms with Crippen molar-refractivity contribution in [2.45, 2.75) is 33.4 Å². The van der Waals surface area contributed by atoms with Gasteiger partial charge in [0, 0.05) is 18.2 Å². The summed E-state index contributed by atoms with van der Waals surface area (Å²) in [6, 6.07) is 4.67. The van der Waals surface area contributed by atoms with Gasteiger partial charge in [-0.25, -0.2) is 14.8 Å². The Balaban J connectivity index is 2.34. The van der Waals surface area contributed by atoms with Crippen molar-refractivity contribution in [2.75, 3.05) is 5.32 Å². The summed E-state index contributed by atoms with van der Waals surface area (Å²) in [6.07, 6.45) is -4.51. The molecule has 0 saturated heterocycles. The molecule has 1 aromatic heterocycles. The largest absolute Gasteiger partial charge is 0.478 e. The maximum Gasteiger partial charge on any atom is 0.433 e. The van der Waals surface area contributed by atoms with E-state index in [-0.39, 0.29) is 29.4 Å². The molecule has 0 aliphatic heterocycles. The first-order valence-electron chi connectivity index (χ1n) is 8.08. The van der Waals surface area contributed by atoms with Gasteiger partial charge in [-0.15, -0.1) is 0 Å². The number of rotatable bonds is 5. The number of carbonyl (C=O) groups excluding carboxylic acids is 1. The topological polar surface area (TPSA) is 92.2 Å². The maximum absolute atomic E-state index is 13.1. The Kier molecular flexibility index (Phi) is 5.82. The van der Waals surface area contributed by atoms with Crippen LogP contribution in [0.2, 0.25) is 0 Å². The number of amides is 1. The van der Waals surface area contributed by atoms with E-state index in [9.17, 15) is 22.8 Å². The zero-order valence-corrected chi connectivity index (χ0v) is 14.9. The minimum atomic E-state index is -4.70. The smallest absolute Gasteiger partial charge is 0.433 e. The molecule has 0 radical (unpaired) electrons. The number of carbonyl (C=O) groups is 2. The Labute approximate surface area is 153 Å². The average Bonchev–Trinajstić information content (AvgIpc) is 2.52. The van der Waals surface area contributed by atoms with E-state index in [2.05, 4.69) is 15.3 Å². The van der Waals surface area contributed by atoms with E-state index in [1.807, 2.05) is 0 Å². The number of nitrogens with zero attached hydrogens (tertiary/aromatic N) is 2. The molecule has 6 nitrogen and oxygen atoms in total. The van der Waals surface area contributed by atoms with Crippen molar-refractivity contribution >= 4 is 17.6 Å². The van der Waals surface area contributed by atoms with E-state index in [1.54, 1.807) is 20.8 Å². The fourth-order valence-corrected chi connectivity index (χ4v) is 2.39. The molecule has 0 aliphatic rings. The van der Waals surface area contributed by atoms with Crippen molar-refractivity contribution in [1.29, 1.82) is 0 Å². The minimum Gasteiger partial charge on any atom is -0.478 e. The lowest BCUT2D eigenvalue weighted by molar-refractivity contribution is -0.141. The fourth-order valence-electron chi connectivity index (χ4n) is 2.39. The number of halogens is 3. The first-order valence-corrected chi connectivity index (χ1v) is 8.08. The lowest BCUT2D eigenvalue weighted by Crippen LogP contribution is -2.19. The van der Waals surface area contributed by atoms with Crippen LogP contribution in [0.5, 0.6) is 0 Å². The molecule has 0 bridgehead atoms. The minimum absolute atomic E-state index is 0.00982. The fraction of sp³-hybridized carbons (Fsp3) is 0.333. The number of alkyl halides is 3. The van der Waals surface area contributed by atoms with E-state index in [0.717, 1.165) is 0 Å². The number of carboxylic acid groups (broad SMARTS) is 1. The summed E-state index contributed by atoms with van der Waals surface area (Å²) in [5, 5.41) is 11.4. The van der Waals surface area contributed by atoms with Crippen LogP contribution in [0.1, 0.15) is 51.8 Å². The molecule has 0 fully saturated rings. The number of aromatic carboxylic acids is 1. The van der Waals surface area contributed by atoms with Gasteiger partial charge in [0.2, 0.25) is 0 Å². The van der Waals surface area contributed by atoms with Gasteiger partial charge in [-0.05, 0) is 36.6 Å². The van der Waals surface area contributed by atoms with Crippen LogP contribution in [-0.2, 0) is 12.6 Å². The molecule has 0 atom stereocenters. The molecule has 27 heavy (non-hydrogen) atoms. The van der Waals surface area contributed by atoms with E-state index in [0.29, 0.717) is 11.6 Å². The highest BCUT2D eigenvalue weighted by molar-refractivity contribution is 6.03. The van der Waals surface area contributed by atoms with Crippen molar-refractivity contribution < 1.29 is 27.9 Å². The molecule has 1 heterocycles. The van der Waals surface area contributed by atoms with Gasteiger partial charge >= 0.3 is 12.1 Å². The summed E-state index contributed by atoms with van der Waals surface area (Å²) in [6.45, 7) is 5.15. The van der Waals surface area contributed by atoms with Crippen molar-refractivity contribution in [3.05, 3.63) is 52.6 Å².